The van der Waals surface area contributed by atoms with Crippen molar-refractivity contribution in [1.82, 2.24) is 0 Å². The van der Waals surface area contributed by atoms with Gasteiger partial charge < -0.3 is 5.11 Å². The van der Waals surface area contributed by atoms with Crippen LogP contribution in [0, 0.1) is 0 Å². The summed E-state index contributed by atoms with van der Waals surface area (Å²) in [6.07, 6.45) is 0. The number of aromatic hydroxyl groups is 1. The molecule has 0 bridgehead atoms. The second-order valence-corrected chi connectivity index (χ2v) is 5.08. The Morgan fingerprint density at radius 1 is 0.947 bits per heavy atom. The van der Waals surface area contributed by atoms with Gasteiger partial charge in [-0.2, -0.15) is 13.5 Å². The van der Waals surface area contributed by atoms with Crippen LogP contribution < -0.4 is 0 Å². The lowest BCUT2D eigenvalue weighted by Gasteiger charge is -2.00. The van der Waals surface area contributed by atoms with Crippen molar-refractivity contribution in [2.24, 2.45) is 10.2 Å². The average molecular weight is 278 g/mol. The lowest BCUT2D eigenvalue weighted by Crippen LogP contribution is -1.96. The standard InChI is InChI=1S/C12H10N2O4S/c15-12-7-6-10(19(16,17)18)8-11(12)14-13-9-4-2-1-3-5-9/h1-8,15H,(H,16,17,18)/b14-13+. The van der Waals surface area contributed by atoms with E-state index in [1.54, 1.807) is 24.3 Å². The van der Waals surface area contributed by atoms with Gasteiger partial charge >= 0.3 is 0 Å². The Hall–Kier alpha value is -2.25. The van der Waals surface area contributed by atoms with Gasteiger partial charge in [-0.15, -0.1) is 5.11 Å². The molecule has 2 aromatic carbocycles. The normalized spacial score (nSPS) is 11.8. The van der Waals surface area contributed by atoms with Crippen molar-refractivity contribution in [2.75, 3.05) is 0 Å². The maximum absolute atomic E-state index is 11.0. The Kier molecular flexibility index (Phi) is 3.59. The van der Waals surface area contributed by atoms with Crippen LogP contribution in [0.3, 0.4) is 0 Å². The number of phenolic OH excluding ortho intramolecular Hbond substituents is 1. The highest BCUT2D eigenvalue weighted by Gasteiger charge is 2.12. The van der Waals surface area contributed by atoms with Gasteiger partial charge in [-0.1, -0.05) is 18.2 Å². The maximum Gasteiger partial charge on any atom is 0.294 e. The monoisotopic (exact) mass is 278 g/mol. The van der Waals surface area contributed by atoms with Crippen LogP contribution in [-0.4, -0.2) is 18.1 Å². The van der Waals surface area contributed by atoms with Gasteiger partial charge in [0.15, 0.2) is 0 Å². The predicted molar refractivity (Wildman–Crippen MR) is 68.5 cm³/mol. The molecule has 6 nitrogen and oxygen atoms in total. The zero-order chi connectivity index (χ0) is 13.9. The van der Waals surface area contributed by atoms with E-state index in [1.165, 1.54) is 0 Å². The van der Waals surface area contributed by atoms with Gasteiger partial charge in [0.2, 0.25) is 0 Å². The van der Waals surface area contributed by atoms with Crippen molar-refractivity contribution in [3.63, 3.8) is 0 Å². The number of phenols is 1. The van der Waals surface area contributed by atoms with Crippen LogP contribution >= 0.6 is 0 Å². The fourth-order valence-electron chi connectivity index (χ4n) is 1.35. The molecule has 0 fully saturated rings. The first-order valence-corrected chi connectivity index (χ1v) is 6.68. The van der Waals surface area contributed by atoms with Crippen molar-refractivity contribution < 1.29 is 18.1 Å². The van der Waals surface area contributed by atoms with Gasteiger partial charge in [-0.3, -0.25) is 4.55 Å². The summed E-state index contributed by atoms with van der Waals surface area (Å²) in [7, 11) is -4.34. The average Bonchev–Trinajstić information content (AvgIpc) is 2.37. The molecule has 7 heteroatoms. The highest BCUT2D eigenvalue weighted by Crippen LogP contribution is 2.30. The van der Waals surface area contributed by atoms with Crippen LogP contribution in [0.4, 0.5) is 11.4 Å². The van der Waals surface area contributed by atoms with Crippen LogP contribution in [0.1, 0.15) is 0 Å². The van der Waals surface area contributed by atoms with E-state index < -0.39 is 10.1 Å². The summed E-state index contributed by atoms with van der Waals surface area (Å²) < 4.78 is 30.9. The molecule has 98 valence electrons. The van der Waals surface area contributed by atoms with Crippen molar-refractivity contribution in [3.05, 3.63) is 48.5 Å². The van der Waals surface area contributed by atoms with Crippen LogP contribution in [0.15, 0.2) is 63.7 Å². The Balaban J connectivity index is 2.38. The Bertz CT molecular complexity index is 712. The first kappa shape index (κ1) is 13.2. The third-order valence-corrected chi connectivity index (χ3v) is 3.12. The molecule has 0 aromatic heterocycles. The Morgan fingerprint density at radius 2 is 1.63 bits per heavy atom. The van der Waals surface area contributed by atoms with E-state index in [0.29, 0.717) is 5.69 Å². The molecule has 2 N–H and O–H groups in total. The largest absolute Gasteiger partial charge is 0.506 e. The number of hydrogen-bond acceptors (Lipinski definition) is 5. The summed E-state index contributed by atoms with van der Waals surface area (Å²) >= 11 is 0. The molecule has 2 aromatic rings. The van der Waals surface area contributed by atoms with E-state index in [-0.39, 0.29) is 16.3 Å². The summed E-state index contributed by atoms with van der Waals surface area (Å²) in [4.78, 5) is -0.354. The van der Waals surface area contributed by atoms with E-state index in [1.807, 2.05) is 6.07 Å². The Morgan fingerprint density at radius 3 is 2.26 bits per heavy atom. The van der Waals surface area contributed by atoms with Gasteiger partial charge in [0.1, 0.15) is 11.4 Å². The second-order valence-electron chi connectivity index (χ2n) is 3.66. The van der Waals surface area contributed by atoms with Crippen LogP contribution in [-0.2, 0) is 10.1 Å². The minimum Gasteiger partial charge on any atom is -0.506 e. The molecule has 0 radical (unpaired) electrons. The number of azo groups is 1. The molecule has 0 saturated heterocycles. The molecule has 0 atom stereocenters. The highest BCUT2D eigenvalue weighted by molar-refractivity contribution is 7.85. The lowest BCUT2D eigenvalue weighted by atomic mass is 10.3. The van der Waals surface area contributed by atoms with Crippen molar-refractivity contribution in [1.29, 1.82) is 0 Å². The van der Waals surface area contributed by atoms with Crippen LogP contribution in [0.5, 0.6) is 5.75 Å². The summed E-state index contributed by atoms with van der Waals surface area (Å²) in [6, 6.07) is 12.0. The molecular formula is C12H10N2O4S. The highest BCUT2D eigenvalue weighted by atomic mass is 32.2. The van der Waals surface area contributed by atoms with E-state index >= 15 is 0 Å². The first-order valence-electron chi connectivity index (χ1n) is 5.24. The summed E-state index contributed by atoms with van der Waals surface area (Å²) in [6.45, 7) is 0. The smallest absolute Gasteiger partial charge is 0.294 e. The molecule has 0 saturated carbocycles. The number of nitrogens with zero attached hydrogens (tertiary/aromatic N) is 2. The topological polar surface area (TPSA) is 99.3 Å². The summed E-state index contributed by atoms with van der Waals surface area (Å²) in [5.41, 5.74) is 0.512. The van der Waals surface area contributed by atoms with E-state index in [2.05, 4.69) is 10.2 Å². The van der Waals surface area contributed by atoms with Gasteiger partial charge in [0, 0.05) is 0 Å². The molecule has 0 amide bonds. The van der Waals surface area contributed by atoms with Crippen LogP contribution in [0.2, 0.25) is 0 Å². The fourth-order valence-corrected chi connectivity index (χ4v) is 1.85. The van der Waals surface area contributed by atoms with E-state index in [9.17, 15) is 13.5 Å². The van der Waals surface area contributed by atoms with Crippen molar-refractivity contribution in [2.45, 2.75) is 4.90 Å². The molecule has 0 unspecified atom stereocenters. The molecule has 2 rings (SSSR count). The van der Waals surface area contributed by atoms with Gasteiger partial charge in [-0.05, 0) is 30.3 Å². The zero-order valence-corrected chi connectivity index (χ0v) is 10.4. The molecule has 0 aliphatic heterocycles. The molecule has 0 aliphatic carbocycles. The van der Waals surface area contributed by atoms with E-state index in [0.717, 1.165) is 18.2 Å². The van der Waals surface area contributed by atoms with Crippen molar-refractivity contribution in [3.8, 4) is 5.75 Å². The van der Waals surface area contributed by atoms with Crippen LogP contribution in [0.25, 0.3) is 0 Å². The Labute approximate surface area is 109 Å². The number of rotatable bonds is 3. The maximum atomic E-state index is 11.0. The second kappa shape index (κ2) is 5.17. The lowest BCUT2D eigenvalue weighted by molar-refractivity contribution is 0.473. The summed E-state index contributed by atoms with van der Waals surface area (Å²) in [5.74, 6) is -0.230. The number of benzene rings is 2. The quantitative estimate of drug-likeness (QED) is 0.665. The molecular weight excluding hydrogens is 268 g/mol. The third-order valence-electron chi connectivity index (χ3n) is 2.27. The van der Waals surface area contributed by atoms with E-state index in [4.69, 9.17) is 4.55 Å². The van der Waals surface area contributed by atoms with Gasteiger partial charge in [0.25, 0.3) is 10.1 Å². The molecule has 0 spiro atoms. The molecule has 0 aliphatic rings. The number of hydrogen-bond donors (Lipinski definition) is 2. The minimum atomic E-state index is -4.34. The SMILES string of the molecule is O=S(=O)(O)c1ccc(O)c(/N=N/c2ccccc2)c1. The minimum absolute atomic E-state index is 0.0426. The predicted octanol–water partition coefficient (Wildman–Crippen LogP) is 3.05. The third kappa shape index (κ3) is 3.36. The van der Waals surface area contributed by atoms with Crippen molar-refractivity contribution >= 4 is 21.5 Å². The molecule has 0 heterocycles. The fraction of sp³-hybridized carbons (Fsp3) is 0. The first-order chi connectivity index (χ1) is 8.97. The zero-order valence-electron chi connectivity index (χ0n) is 9.63. The van der Waals surface area contributed by atoms with Gasteiger partial charge in [-0.25, -0.2) is 0 Å². The van der Waals surface area contributed by atoms with Gasteiger partial charge in [0.05, 0.1) is 10.6 Å². The molecule has 19 heavy (non-hydrogen) atoms. The summed E-state index contributed by atoms with van der Waals surface area (Å²) in [5, 5.41) is 17.1.